The minimum absolute atomic E-state index is 0.853. The van der Waals surface area contributed by atoms with Gasteiger partial charge in [0.25, 0.3) is 0 Å². The van der Waals surface area contributed by atoms with Crippen molar-refractivity contribution in [2.75, 3.05) is 6.54 Å². The van der Waals surface area contributed by atoms with Gasteiger partial charge in [-0.05, 0) is 45.1 Å². The Labute approximate surface area is 82.4 Å². The Bertz CT molecular complexity index is 170. The van der Waals surface area contributed by atoms with Gasteiger partial charge >= 0.3 is 0 Å². The first-order valence-corrected chi connectivity index (χ1v) is 5.78. The topological polar surface area (TPSA) is 26.0 Å². The van der Waals surface area contributed by atoms with Crippen molar-refractivity contribution in [2.45, 2.75) is 58.3 Å². The van der Waals surface area contributed by atoms with Gasteiger partial charge < -0.3 is 5.73 Å². The fourth-order valence-corrected chi connectivity index (χ4v) is 1.99. The lowest BCUT2D eigenvalue weighted by molar-refractivity contribution is 0.625. The number of unbranched alkanes of at least 4 members (excludes halogenated alkanes) is 2. The summed E-state index contributed by atoms with van der Waals surface area (Å²) in [7, 11) is 0. The van der Waals surface area contributed by atoms with Gasteiger partial charge in [-0.15, -0.1) is 0 Å². The first kappa shape index (κ1) is 10.8. The summed E-state index contributed by atoms with van der Waals surface area (Å²) in [5, 5.41) is 0. The number of hydrogen-bond donors (Lipinski definition) is 1. The molecule has 0 aromatic heterocycles. The molecule has 0 aliphatic heterocycles. The lowest BCUT2D eigenvalue weighted by Gasteiger charge is -2.24. The second kappa shape index (κ2) is 6.20. The minimum Gasteiger partial charge on any atom is -0.330 e. The first-order chi connectivity index (χ1) is 6.38. The molecule has 76 valence electrons. The van der Waals surface area contributed by atoms with Crippen molar-refractivity contribution >= 4 is 0 Å². The van der Waals surface area contributed by atoms with E-state index in [4.69, 9.17) is 5.73 Å². The predicted octanol–water partition coefficient (Wildman–Crippen LogP) is 3.40. The van der Waals surface area contributed by atoms with Crippen molar-refractivity contribution in [1.29, 1.82) is 0 Å². The van der Waals surface area contributed by atoms with Crippen molar-refractivity contribution < 1.29 is 0 Å². The molecular formula is C12H23N. The third-order valence-electron chi connectivity index (χ3n) is 2.99. The van der Waals surface area contributed by atoms with Gasteiger partial charge in [0.1, 0.15) is 0 Å². The van der Waals surface area contributed by atoms with E-state index in [1.807, 2.05) is 0 Å². The van der Waals surface area contributed by atoms with Crippen LogP contribution in [0.3, 0.4) is 0 Å². The number of nitrogens with two attached hydrogens (primary N) is 1. The van der Waals surface area contributed by atoms with Gasteiger partial charge in [-0.1, -0.05) is 30.9 Å². The molecule has 0 spiro atoms. The van der Waals surface area contributed by atoms with Gasteiger partial charge in [0.05, 0.1) is 0 Å². The summed E-state index contributed by atoms with van der Waals surface area (Å²) < 4.78 is 0. The van der Waals surface area contributed by atoms with Crippen molar-refractivity contribution in [1.82, 2.24) is 0 Å². The van der Waals surface area contributed by atoms with Crippen LogP contribution in [0.1, 0.15) is 58.3 Å². The van der Waals surface area contributed by atoms with E-state index in [0.717, 1.165) is 6.54 Å². The average Bonchev–Trinajstić information content (AvgIpc) is 2.11. The predicted molar refractivity (Wildman–Crippen MR) is 58.7 cm³/mol. The molecule has 13 heavy (non-hydrogen) atoms. The molecule has 1 aliphatic carbocycles. The van der Waals surface area contributed by atoms with Crippen LogP contribution in [0.4, 0.5) is 0 Å². The minimum atomic E-state index is 0.853. The molecule has 0 bridgehead atoms. The van der Waals surface area contributed by atoms with Gasteiger partial charge in [0, 0.05) is 0 Å². The van der Waals surface area contributed by atoms with Crippen LogP contribution in [0.15, 0.2) is 11.1 Å². The van der Waals surface area contributed by atoms with Gasteiger partial charge in [0.15, 0.2) is 0 Å². The van der Waals surface area contributed by atoms with Crippen LogP contribution in [0.5, 0.6) is 0 Å². The lowest BCUT2D eigenvalue weighted by atomic mass is 9.83. The Balaban J connectivity index is 2.16. The van der Waals surface area contributed by atoms with E-state index in [-0.39, 0.29) is 0 Å². The number of allylic oxidation sites excluding steroid dienone is 2. The van der Waals surface area contributed by atoms with E-state index < -0.39 is 0 Å². The van der Waals surface area contributed by atoms with Crippen molar-refractivity contribution in [3.05, 3.63) is 11.1 Å². The molecule has 0 amide bonds. The van der Waals surface area contributed by atoms with Crippen LogP contribution < -0.4 is 5.73 Å². The lowest BCUT2D eigenvalue weighted by Crippen LogP contribution is -2.07. The van der Waals surface area contributed by atoms with Crippen LogP contribution in [0, 0.1) is 0 Å². The van der Waals surface area contributed by atoms with E-state index in [2.05, 4.69) is 6.92 Å². The maximum Gasteiger partial charge on any atom is -0.00742 e. The largest absolute Gasteiger partial charge is 0.330 e. The quantitative estimate of drug-likeness (QED) is 0.473. The molecule has 0 saturated heterocycles. The summed E-state index contributed by atoms with van der Waals surface area (Å²) in [4.78, 5) is 0. The van der Waals surface area contributed by atoms with Crippen LogP contribution in [-0.4, -0.2) is 6.54 Å². The first-order valence-electron chi connectivity index (χ1n) is 5.78. The maximum absolute atomic E-state index is 5.50. The maximum atomic E-state index is 5.50. The van der Waals surface area contributed by atoms with Crippen molar-refractivity contribution in [3.63, 3.8) is 0 Å². The SMILES string of the molecule is CCCCCC1=C(CCCN)CC1. The molecule has 0 aromatic rings. The highest BCUT2D eigenvalue weighted by Gasteiger charge is 2.15. The molecule has 0 unspecified atom stereocenters. The molecule has 0 fully saturated rings. The molecule has 1 heteroatoms. The zero-order chi connectivity index (χ0) is 9.52. The van der Waals surface area contributed by atoms with Gasteiger partial charge in [-0.2, -0.15) is 0 Å². The summed E-state index contributed by atoms with van der Waals surface area (Å²) in [5.41, 5.74) is 9.00. The Morgan fingerprint density at radius 3 is 2.08 bits per heavy atom. The third-order valence-corrected chi connectivity index (χ3v) is 2.99. The Kier molecular flexibility index (Phi) is 5.14. The van der Waals surface area contributed by atoms with E-state index in [0.29, 0.717) is 0 Å². The zero-order valence-electron chi connectivity index (χ0n) is 8.94. The smallest absolute Gasteiger partial charge is 0.00742 e. The Hall–Kier alpha value is -0.300. The van der Waals surface area contributed by atoms with Crippen LogP contribution in [0.25, 0.3) is 0 Å². The third kappa shape index (κ3) is 3.51. The standard InChI is InChI=1S/C12H23N/c1-2-3-4-6-11-8-9-12(11)7-5-10-13/h2-10,13H2,1H3. The number of hydrogen-bond acceptors (Lipinski definition) is 1. The molecule has 1 aliphatic rings. The van der Waals surface area contributed by atoms with E-state index in [1.54, 1.807) is 11.1 Å². The highest BCUT2D eigenvalue weighted by Crippen LogP contribution is 2.34. The van der Waals surface area contributed by atoms with Crippen LogP contribution in [0.2, 0.25) is 0 Å². The van der Waals surface area contributed by atoms with Gasteiger partial charge in [-0.3, -0.25) is 0 Å². The highest BCUT2D eigenvalue weighted by molar-refractivity contribution is 5.24. The average molecular weight is 181 g/mol. The fraction of sp³-hybridized carbons (Fsp3) is 0.833. The van der Waals surface area contributed by atoms with Crippen molar-refractivity contribution in [2.24, 2.45) is 5.73 Å². The summed E-state index contributed by atoms with van der Waals surface area (Å²) >= 11 is 0. The Morgan fingerprint density at radius 1 is 1.00 bits per heavy atom. The summed E-state index contributed by atoms with van der Waals surface area (Å²) in [5.74, 6) is 0. The van der Waals surface area contributed by atoms with E-state index in [1.165, 1.54) is 51.4 Å². The summed E-state index contributed by atoms with van der Waals surface area (Å²) in [6.07, 6.45) is 10.7. The molecule has 0 radical (unpaired) electrons. The van der Waals surface area contributed by atoms with Crippen LogP contribution >= 0.6 is 0 Å². The van der Waals surface area contributed by atoms with E-state index in [9.17, 15) is 0 Å². The monoisotopic (exact) mass is 181 g/mol. The highest BCUT2D eigenvalue weighted by atomic mass is 14.5. The molecule has 1 rings (SSSR count). The fourth-order valence-electron chi connectivity index (χ4n) is 1.99. The second-order valence-electron chi connectivity index (χ2n) is 4.06. The van der Waals surface area contributed by atoms with Gasteiger partial charge in [0.2, 0.25) is 0 Å². The van der Waals surface area contributed by atoms with Crippen LogP contribution in [-0.2, 0) is 0 Å². The summed E-state index contributed by atoms with van der Waals surface area (Å²) in [6.45, 7) is 3.12. The zero-order valence-corrected chi connectivity index (χ0v) is 8.94. The second-order valence-corrected chi connectivity index (χ2v) is 4.06. The molecule has 0 atom stereocenters. The van der Waals surface area contributed by atoms with Crippen molar-refractivity contribution in [3.8, 4) is 0 Å². The molecule has 2 N–H and O–H groups in total. The Morgan fingerprint density at radius 2 is 1.62 bits per heavy atom. The molecule has 0 aromatic carbocycles. The van der Waals surface area contributed by atoms with Gasteiger partial charge in [-0.25, -0.2) is 0 Å². The molecular weight excluding hydrogens is 158 g/mol. The summed E-state index contributed by atoms with van der Waals surface area (Å²) in [6, 6.07) is 0. The molecule has 1 nitrogen and oxygen atoms in total. The molecule has 0 saturated carbocycles. The number of rotatable bonds is 7. The normalized spacial score (nSPS) is 16.2. The molecule has 0 heterocycles. The van der Waals surface area contributed by atoms with E-state index >= 15 is 0 Å².